The second-order valence-corrected chi connectivity index (χ2v) is 6.60. The molecule has 0 saturated carbocycles. The number of carbonyl (C=O) groups excluding carboxylic acids is 2. The third-order valence-electron chi connectivity index (χ3n) is 4.99. The molecule has 146 valence electrons. The standard InChI is InChI=1S/C23H24O5/c1-26-20(15-9-5-4-6-10-15)14-18-17-12-8-7-11-16(17)13-19(22(24)27-2)21(18)23(25)28-3/h7-9,11-14H,4-6,10H2,1-3H3/b20-14-. The minimum Gasteiger partial charge on any atom is -0.496 e. The number of hydrogen-bond acceptors (Lipinski definition) is 5. The van der Waals surface area contributed by atoms with Crippen LogP contribution < -0.4 is 0 Å². The minimum atomic E-state index is -0.592. The zero-order chi connectivity index (χ0) is 20.1. The summed E-state index contributed by atoms with van der Waals surface area (Å²) in [5, 5.41) is 1.66. The quantitative estimate of drug-likeness (QED) is 0.545. The molecular weight excluding hydrogens is 356 g/mol. The summed E-state index contributed by atoms with van der Waals surface area (Å²) in [6.45, 7) is 0. The van der Waals surface area contributed by atoms with Gasteiger partial charge in [-0.25, -0.2) is 9.59 Å². The molecular formula is C23H24O5. The summed E-state index contributed by atoms with van der Waals surface area (Å²) >= 11 is 0. The van der Waals surface area contributed by atoms with Crippen molar-refractivity contribution in [2.75, 3.05) is 21.3 Å². The van der Waals surface area contributed by atoms with Crippen molar-refractivity contribution in [3.63, 3.8) is 0 Å². The van der Waals surface area contributed by atoms with E-state index in [1.54, 1.807) is 13.2 Å². The van der Waals surface area contributed by atoms with Gasteiger partial charge < -0.3 is 14.2 Å². The molecule has 5 nitrogen and oxygen atoms in total. The van der Waals surface area contributed by atoms with Crippen LogP contribution in [0.2, 0.25) is 0 Å². The predicted molar refractivity (Wildman–Crippen MR) is 108 cm³/mol. The SMILES string of the molecule is COC(=O)c1cc2ccccc2c(/C=C(\OC)C2=CCCCC2)c1C(=O)OC. The highest BCUT2D eigenvalue weighted by Gasteiger charge is 2.25. The highest BCUT2D eigenvalue weighted by atomic mass is 16.5. The second-order valence-electron chi connectivity index (χ2n) is 6.60. The van der Waals surface area contributed by atoms with E-state index in [4.69, 9.17) is 14.2 Å². The Balaban J connectivity index is 2.34. The van der Waals surface area contributed by atoms with Crippen molar-refractivity contribution in [3.8, 4) is 0 Å². The van der Waals surface area contributed by atoms with Crippen LogP contribution >= 0.6 is 0 Å². The summed E-state index contributed by atoms with van der Waals surface area (Å²) in [5.41, 5.74) is 2.05. The van der Waals surface area contributed by atoms with Crippen LogP contribution in [0.4, 0.5) is 0 Å². The molecule has 2 aromatic carbocycles. The van der Waals surface area contributed by atoms with E-state index in [0.29, 0.717) is 11.3 Å². The second kappa shape index (κ2) is 8.74. The average Bonchev–Trinajstić information content (AvgIpc) is 2.76. The van der Waals surface area contributed by atoms with Crippen LogP contribution in [0.25, 0.3) is 16.8 Å². The van der Waals surface area contributed by atoms with Crippen LogP contribution in [0, 0.1) is 0 Å². The Morgan fingerprint density at radius 1 is 0.964 bits per heavy atom. The molecule has 3 rings (SSSR count). The van der Waals surface area contributed by atoms with Gasteiger partial charge in [0.05, 0.1) is 32.5 Å². The van der Waals surface area contributed by atoms with Crippen molar-refractivity contribution in [2.24, 2.45) is 0 Å². The minimum absolute atomic E-state index is 0.173. The summed E-state index contributed by atoms with van der Waals surface area (Å²) in [7, 11) is 4.21. The highest BCUT2D eigenvalue weighted by molar-refractivity contribution is 6.11. The van der Waals surface area contributed by atoms with E-state index in [2.05, 4.69) is 6.08 Å². The molecule has 0 spiro atoms. The van der Waals surface area contributed by atoms with E-state index >= 15 is 0 Å². The summed E-state index contributed by atoms with van der Waals surface area (Å²) < 4.78 is 15.6. The molecule has 0 unspecified atom stereocenters. The molecule has 0 saturated heterocycles. The molecule has 0 atom stereocenters. The van der Waals surface area contributed by atoms with Gasteiger partial charge in [-0.05, 0) is 54.2 Å². The molecule has 0 bridgehead atoms. The molecule has 1 aliphatic rings. The number of hydrogen-bond donors (Lipinski definition) is 0. The first kappa shape index (κ1) is 19.7. The van der Waals surface area contributed by atoms with E-state index in [1.807, 2.05) is 30.3 Å². The van der Waals surface area contributed by atoms with Gasteiger partial charge in [0.15, 0.2) is 0 Å². The summed E-state index contributed by atoms with van der Waals surface area (Å²) in [6.07, 6.45) is 8.18. The molecule has 0 radical (unpaired) electrons. The lowest BCUT2D eigenvalue weighted by molar-refractivity contribution is 0.0555. The van der Waals surface area contributed by atoms with Crippen LogP contribution in [0.1, 0.15) is 52.0 Å². The Labute approximate surface area is 164 Å². The first-order valence-corrected chi connectivity index (χ1v) is 9.28. The molecule has 5 heteroatoms. The van der Waals surface area contributed by atoms with Crippen LogP contribution in [-0.4, -0.2) is 33.3 Å². The first-order chi connectivity index (χ1) is 13.6. The van der Waals surface area contributed by atoms with Crippen molar-refractivity contribution in [1.82, 2.24) is 0 Å². The van der Waals surface area contributed by atoms with Crippen LogP contribution in [0.3, 0.4) is 0 Å². The number of benzene rings is 2. The molecule has 28 heavy (non-hydrogen) atoms. The normalized spacial score (nSPS) is 14.4. The number of allylic oxidation sites excluding steroid dienone is 2. The van der Waals surface area contributed by atoms with E-state index in [1.165, 1.54) is 14.2 Å². The van der Waals surface area contributed by atoms with Crippen molar-refractivity contribution in [2.45, 2.75) is 25.7 Å². The summed E-state index contributed by atoms with van der Waals surface area (Å²) in [5.74, 6) is -0.487. The van der Waals surface area contributed by atoms with Gasteiger partial charge in [0.2, 0.25) is 0 Å². The number of rotatable bonds is 5. The van der Waals surface area contributed by atoms with Gasteiger partial charge in [-0.15, -0.1) is 0 Å². The van der Waals surface area contributed by atoms with Crippen molar-refractivity contribution in [1.29, 1.82) is 0 Å². The van der Waals surface area contributed by atoms with Gasteiger partial charge in [-0.1, -0.05) is 30.3 Å². The Morgan fingerprint density at radius 2 is 1.71 bits per heavy atom. The molecule has 2 aromatic rings. The molecule has 0 fully saturated rings. The van der Waals surface area contributed by atoms with Gasteiger partial charge >= 0.3 is 11.9 Å². The maximum Gasteiger partial charge on any atom is 0.339 e. The Kier molecular flexibility index (Phi) is 6.14. The molecule has 0 N–H and O–H groups in total. The zero-order valence-electron chi connectivity index (χ0n) is 16.4. The number of methoxy groups -OCH3 is 3. The zero-order valence-corrected chi connectivity index (χ0v) is 16.4. The third-order valence-corrected chi connectivity index (χ3v) is 4.99. The number of fused-ring (bicyclic) bond motifs is 1. The van der Waals surface area contributed by atoms with Crippen LogP contribution in [-0.2, 0) is 14.2 Å². The third kappa shape index (κ3) is 3.79. The number of esters is 2. The molecule has 0 heterocycles. The fourth-order valence-corrected chi connectivity index (χ4v) is 3.59. The lowest BCUT2D eigenvalue weighted by Crippen LogP contribution is -2.14. The Morgan fingerprint density at radius 3 is 2.36 bits per heavy atom. The lowest BCUT2D eigenvalue weighted by Gasteiger charge is -2.18. The molecule has 0 aliphatic heterocycles. The van der Waals surface area contributed by atoms with Crippen molar-refractivity contribution >= 4 is 28.8 Å². The van der Waals surface area contributed by atoms with Gasteiger partial charge in [0, 0.05) is 5.56 Å². The lowest BCUT2D eigenvalue weighted by atomic mass is 9.91. The van der Waals surface area contributed by atoms with Crippen molar-refractivity contribution in [3.05, 3.63) is 64.4 Å². The highest BCUT2D eigenvalue weighted by Crippen LogP contribution is 2.32. The molecule has 0 aromatic heterocycles. The topological polar surface area (TPSA) is 61.8 Å². The van der Waals surface area contributed by atoms with E-state index in [0.717, 1.165) is 42.0 Å². The first-order valence-electron chi connectivity index (χ1n) is 9.28. The maximum absolute atomic E-state index is 12.7. The van der Waals surface area contributed by atoms with Gasteiger partial charge in [0.1, 0.15) is 5.76 Å². The van der Waals surface area contributed by atoms with Crippen LogP contribution in [0.15, 0.2) is 47.7 Å². The van der Waals surface area contributed by atoms with Gasteiger partial charge in [0.25, 0.3) is 0 Å². The van der Waals surface area contributed by atoms with Crippen LogP contribution in [0.5, 0.6) is 0 Å². The smallest absolute Gasteiger partial charge is 0.339 e. The summed E-state index contributed by atoms with van der Waals surface area (Å²) in [6, 6.07) is 9.25. The predicted octanol–water partition coefficient (Wildman–Crippen LogP) is 4.90. The summed E-state index contributed by atoms with van der Waals surface area (Å²) in [4.78, 5) is 25.1. The van der Waals surface area contributed by atoms with E-state index in [9.17, 15) is 9.59 Å². The van der Waals surface area contributed by atoms with Gasteiger partial charge in [-0.3, -0.25) is 0 Å². The average molecular weight is 380 g/mol. The molecule has 1 aliphatic carbocycles. The number of ether oxygens (including phenoxy) is 3. The largest absolute Gasteiger partial charge is 0.496 e. The van der Waals surface area contributed by atoms with E-state index < -0.39 is 11.9 Å². The van der Waals surface area contributed by atoms with Gasteiger partial charge in [-0.2, -0.15) is 0 Å². The maximum atomic E-state index is 12.7. The molecule has 0 amide bonds. The fraction of sp³-hybridized carbons (Fsp3) is 0.304. The monoisotopic (exact) mass is 380 g/mol. The van der Waals surface area contributed by atoms with Crippen molar-refractivity contribution < 1.29 is 23.8 Å². The Hall–Kier alpha value is -3.08. The number of carbonyl (C=O) groups is 2. The van der Waals surface area contributed by atoms with E-state index in [-0.39, 0.29) is 11.1 Å². The Bertz CT molecular complexity index is 968. The fourth-order valence-electron chi connectivity index (χ4n) is 3.59.